The molecule has 2 unspecified atom stereocenters. The number of amides is 3. The normalized spacial score (nSPS) is 12.4. The summed E-state index contributed by atoms with van der Waals surface area (Å²) in [6.07, 6.45) is -0.900. The molecule has 2 atom stereocenters. The summed E-state index contributed by atoms with van der Waals surface area (Å²) in [4.78, 5) is 41.7. The molecule has 0 saturated carbocycles. The molecule has 4 N–H and O–H groups in total. The average molecular weight is 559 g/mol. The summed E-state index contributed by atoms with van der Waals surface area (Å²) in [6, 6.07) is 18.4. The topological polar surface area (TPSA) is 152 Å². The van der Waals surface area contributed by atoms with Crippen LogP contribution in [0, 0.1) is 18.3 Å². The molecule has 10 nitrogen and oxygen atoms in total. The van der Waals surface area contributed by atoms with Crippen molar-refractivity contribution in [1.82, 2.24) is 10.2 Å². The van der Waals surface area contributed by atoms with E-state index in [9.17, 15) is 29.9 Å². The Morgan fingerprint density at radius 1 is 0.976 bits per heavy atom. The van der Waals surface area contributed by atoms with E-state index in [1.165, 1.54) is 24.3 Å². The third-order valence-corrected chi connectivity index (χ3v) is 6.08. The molecule has 0 bridgehead atoms. The number of hydrogen-bond acceptors (Lipinski definition) is 7. The lowest BCUT2D eigenvalue weighted by Gasteiger charge is -2.33. The summed E-state index contributed by atoms with van der Waals surface area (Å²) < 4.78 is 5.37. The van der Waals surface area contributed by atoms with E-state index in [2.05, 4.69) is 10.6 Å². The SMILES string of the molecule is Cc1ccccc1NC(=O)C(c1ccccc1O)N(CC#N)C(=O)C(Cc1ccc(O)cc1)NC(=O)OC(C)(C)C. The number of nitrogens with one attached hydrogen (secondary N) is 2. The molecule has 0 aliphatic carbocycles. The Bertz CT molecular complexity index is 1430. The molecule has 0 spiro atoms. The Morgan fingerprint density at radius 3 is 2.22 bits per heavy atom. The van der Waals surface area contributed by atoms with Crippen molar-refractivity contribution in [3.05, 3.63) is 89.5 Å². The number of carbonyl (C=O) groups excluding carboxylic acids is 3. The maximum atomic E-state index is 14.1. The largest absolute Gasteiger partial charge is 0.508 e. The van der Waals surface area contributed by atoms with Crippen molar-refractivity contribution >= 4 is 23.6 Å². The highest BCUT2D eigenvalue weighted by Gasteiger charge is 2.37. The van der Waals surface area contributed by atoms with E-state index in [4.69, 9.17) is 4.74 Å². The molecule has 214 valence electrons. The molecular formula is C31H34N4O6. The zero-order chi connectivity index (χ0) is 30.2. The highest BCUT2D eigenvalue weighted by atomic mass is 16.6. The van der Waals surface area contributed by atoms with Gasteiger partial charge in [-0.3, -0.25) is 9.59 Å². The molecule has 3 amide bonds. The molecule has 0 aliphatic heterocycles. The minimum absolute atomic E-state index is 0.0235. The fourth-order valence-electron chi connectivity index (χ4n) is 4.17. The number of phenols is 2. The molecule has 3 rings (SSSR count). The molecule has 3 aromatic carbocycles. The fourth-order valence-corrected chi connectivity index (χ4v) is 4.17. The van der Waals surface area contributed by atoms with Crippen LogP contribution in [0.5, 0.6) is 11.5 Å². The van der Waals surface area contributed by atoms with Gasteiger partial charge in [-0.25, -0.2) is 4.79 Å². The van der Waals surface area contributed by atoms with Gasteiger partial charge in [0, 0.05) is 17.7 Å². The molecule has 41 heavy (non-hydrogen) atoms. The second-order valence-electron chi connectivity index (χ2n) is 10.5. The summed E-state index contributed by atoms with van der Waals surface area (Å²) in [5.41, 5.74) is 1.11. The number of aryl methyl sites for hydroxylation is 1. The first-order valence-corrected chi connectivity index (χ1v) is 13.0. The zero-order valence-electron chi connectivity index (χ0n) is 23.4. The minimum Gasteiger partial charge on any atom is -0.508 e. The average Bonchev–Trinajstić information content (AvgIpc) is 2.90. The highest BCUT2D eigenvalue weighted by molar-refractivity contribution is 5.99. The lowest BCUT2D eigenvalue weighted by molar-refractivity contribution is -0.140. The van der Waals surface area contributed by atoms with Crippen LogP contribution in [0.3, 0.4) is 0 Å². The number of anilines is 1. The first kappa shape index (κ1) is 30.5. The Balaban J connectivity index is 2.06. The Morgan fingerprint density at radius 2 is 1.61 bits per heavy atom. The molecule has 0 aromatic heterocycles. The van der Waals surface area contributed by atoms with Gasteiger partial charge in [-0.1, -0.05) is 48.5 Å². The number of carbonyl (C=O) groups is 3. The van der Waals surface area contributed by atoms with Crippen molar-refractivity contribution in [3.8, 4) is 17.6 Å². The van der Waals surface area contributed by atoms with Gasteiger partial charge in [0.2, 0.25) is 5.91 Å². The summed E-state index contributed by atoms with van der Waals surface area (Å²) in [5.74, 6) is -1.64. The molecule has 0 radical (unpaired) electrons. The predicted molar refractivity (Wildman–Crippen MR) is 153 cm³/mol. The van der Waals surface area contributed by atoms with Crippen LogP contribution in [0.15, 0.2) is 72.8 Å². The van der Waals surface area contributed by atoms with Gasteiger partial charge in [-0.05, 0) is 63.1 Å². The number of benzene rings is 3. The van der Waals surface area contributed by atoms with Gasteiger partial charge in [-0.15, -0.1) is 0 Å². The van der Waals surface area contributed by atoms with E-state index in [-0.39, 0.29) is 23.5 Å². The summed E-state index contributed by atoms with van der Waals surface area (Å²) in [5, 5.41) is 35.5. The van der Waals surface area contributed by atoms with Gasteiger partial charge in [0.05, 0.1) is 6.07 Å². The molecule has 0 aliphatic rings. The summed E-state index contributed by atoms with van der Waals surface area (Å²) in [6.45, 7) is 6.31. The van der Waals surface area contributed by atoms with Crippen LogP contribution in [-0.4, -0.2) is 51.2 Å². The Kier molecular flexibility index (Phi) is 9.93. The van der Waals surface area contributed by atoms with E-state index in [0.717, 1.165) is 10.5 Å². The van der Waals surface area contributed by atoms with Crippen LogP contribution in [0.1, 0.15) is 43.5 Å². The van der Waals surface area contributed by atoms with Crippen LogP contribution in [-0.2, 0) is 20.7 Å². The van der Waals surface area contributed by atoms with Crippen molar-refractivity contribution in [3.63, 3.8) is 0 Å². The van der Waals surface area contributed by atoms with Gasteiger partial charge in [0.25, 0.3) is 5.91 Å². The first-order chi connectivity index (χ1) is 19.4. The number of rotatable bonds is 9. The smallest absolute Gasteiger partial charge is 0.408 e. The first-order valence-electron chi connectivity index (χ1n) is 13.0. The quantitative estimate of drug-likeness (QED) is 0.281. The van der Waals surface area contributed by atoms with Crippen LogP contribution >= 0.6 is 0 Å². The highest BCUT2D eigenvalue weighted by Crippen LogP contribution is 2.31. The van der Waals surface area contributed by atoms with Crippen molar-refractivity contribution in [2.75, 3.05) is 11.9 Å². The number of nitriles is 1. The van der Waals surface area contributed by atoms with E-state index in [1.807, 2.05) is 12.1 Å². The van der Waals surface area contributed by atoms with E-state index >= 15 is 0 Å². The number of aromatic hydroxyl groups is 2. The molecule has 0 fully saturated rings. The number of para-hydroxylation sites is 2. The summed E-state index contributed by atoms with van der Waals surface area (Å²) >= 11 is 0. The van der Waals surface area contributed by atoms with Crippen molar-refractivity contribution in [2.24, 2.45) is 0 Å². The molecule has 0 saturated heterocycles. The lowest BCUT2D eigenvalue weighted by atomic mass is 9.99. The van der Waals surface area contributed by atoms with E-state index < -0.39 is 42.1 Å². The van der Waals surface area contributed by atoms with Crippen LogP contribution in [0.4, 0.5) is 10.5 Å². The third kappa shape index (κ3) is 8.47. The number of phenolic OH excluding ortho intramolecular Hbond substituents is 2. The summed E-state index contributed by atoms with van der Waals surface area (Å²) in [7, 11) is 0. The number of hydrogen-bond donors (Lipinski definition) is 4. The van der Waals surface area contributed by atoms with Crippen molar-refractivity contribution in [1.29, 1.82) is 5.26 Å². The van der Waals surface area contributed by atoms with E-state index in [0.29, 0.717) is 11.3 Å². The maximum absolute atomic E-state index is 14.1. The molecular weight excluding hydrogens is 524 g/mol. The lowest BCUT2D eigenvalue weighted by Crippen LogP contribution is -2.53. The van der Waals surface area contributed by atoms with Crippen LogP contribution in [0.2, 0.25) is 0 Å². The molecule has 10 heteroatoms. The number of ether oxygens (including phenoxy) is 1. The zero-order valence-corrected chi connectivity index (χ0v) is 23.4. The molecule has 0 heterocycles. The monoisotopic (exact) mass is 558 g/mol. The predicted octanol–water partition coefficient (Wildman–Crippen LogP) is 4.57. The minimum atomic E-state index is -1.43. The van der Waals surface area contributed by atoms with Gasteiger partial charge < -0.3 is 30.5 Å². The second kappa shape index (κ2) is 13.3. The number of alkyl carbamates (subject to hydrolysis) is 1. The van der Waals surface area contributed by atoms with Crippen molar-refractivity contribution < 1.29 is 29.3 Å². The third-order valence-electron chi connectivity index (χ3n) is 6.08. The second-order valence-corrected chi connectivity index (χ2v) is 10.5. The van der Waals surface area contributed by atoms with Gasteiger partial charge in [-0.2, -0.15) is 5.26 Å². The Hall–Kier alpha value is -5.04. The fraction of sp³-hybridized carbons (Fsp3) is 0.290. The number of nitrogens with zero attached hydrogens (tertiary/aromatic N) is 2. The molecule has 3 aromatic rings. The van der Waals surface area contributed by atoms with Crippen LogP contribution < -0.4 is 10.6 Å². The standard InChI is InChI=1S/C31H34N4O6/c1-20-9-5-7-11-24(20)33-28(38)27(23-10-6-8-12-26(23)37)35(18-17-32)29(39)25(34-30(40)41-31(2,3)4)19-21-13-15-22(36)16-14-21/h5-16,25,27,36-37H,18-19H2,1-4H3,(H,33,38)(H,34,40). The maximum Gasteiger partial charge on any atom is 0.408 e. The van der Waals surface area contributed by atoms with E-state index in [1.54, 1.807) is 70.2 Å². The van der Waals surface area contributed by atoms with Gasteiger partial charge in [0.15, 0.2) is 0 Å². The van der Waals surface area contributed by atoms with Crippen molar-refractivity contribution in [2.45, 2.75) is 51.8 Å². The van der Waals surface area contributed by atoms with Gasteiger partial charge in [0.1, 0.15) is 35.7 Å². The van der Waals surface area contributed by atoms with Crippen LogP contribution in [0.25, 0.3) is 0 Å². The van der Waals surface area contributed by atoms with Gasteiger partial charge >= 0.3 is 6.09 Å². The Labute approximate surface area is 239 Å².